The van der Waals surface area contributed by atoms with Gasteiger partial charge in [-0.05, 0) is 35.1 Å². The van der Waals surface area contributed by atoms with E-state index in [1.807, 2.05) is 24.3 Å². The molecule has 1 aliphatic rings. The summed E-state index contributed by atoms with van der Waals surface area (Å²) >= 11 is 5.71. The Bertz CT molecular complexity index is 640. The van der Waals surface area contributed by atoms with Gasteiger partial charge in [0, 0.05) is 19.1 Å². The van der Waals surface area contributed by atoms with Crippen molar-refractivity contribution in [2.75, 3.05) is 13.2 Å². The summed E-state index contributed by atoms with van der Waals surface area (Å²) in [6.45, 7) is 3.59. The molecular formula is C17H17BClFO2. The van der Waals surface area contributed by atoms with Crippen LogP contribution in [0, 0.1) is 11.7 Å². The molecule has 0 N–H and O–H groups in total. The minimum atomic E-state index is -0.409. The molecule has 0 bridgehead atoms. The topological polar surface area (TPSA) is 18.5 Å². The highest BCUT2D eigenvalue weighted by Gasteiger charge is 2.28. The molecule has 0 spiro atoms. The van der Waals surface area contributed by atoms with Crippen LogP contribution >= 0.6 is 11.6 Å². The van der Waals surface area contributed by atoms with Gasteiger partial charge in [0.25, 0.3) is 0 Å². The Morgan fingerprint density at radius 1 is 1.09 bits per heavy atom. The summed E-state index contributed by atoms with van der Waals surface area (Å²) in [4.78, 5) is 0. The summed E-state index contributed by atoms with van der Waals surface area (Å²) in [5.41, 5.74) is 2.71. The highest BCUT2D eigenvalue weighted by atomic mass is 35.5. The van der Waals surface area contributed by atoms with Gasteiger partial charge in [-0.1, -0.05) is 48.9 Å². The molecule has 2 aromatic rings. The minimum Gasteiger partial charge on any atom is -0.407 e. The van der Waals surface area contributed by atoms with Gasteiger partial charge >= 0.3 is 7.12 Å². The van der Waals surface area contributed by atoms with E-state index in [0.29, 0.717) is 5.92 Å². The Morgan fingerprint density at radius 2 is 1.73 bits per heavy atom. The van der Waals surface area contributed by atoms with E-state index in [-0.39, 0.29) is 12.1 Å². The lowest BCUT2D eigenvalue weighted by molar-refractivity contribution is 0.0850. The van der Waals surface area contributed by atoms with Crippen molar-refractivity contribution in [3.05, 3.63) is 53.3 Å². The largest absolute Gasteiger partial charge is 0.493 e. The summed E-state index contributed by atoms with van der Waals surface area (Å²) in [5, 5.41) is 0.134. The summed E-state index contributed by atoms with van der Waals surface area (Å²) in [6.07, 6.45) is 1.06. The third-order valence-electron chi connectivity index (χ3n) is 3.98. The first-order valence-corrected chi connectivity index (χ1v) is 7.83. The fraction of sp³-hybridized carbons (Fsp3) is 0.294. The second kappa shape index (κ2) is 6.82. The smallest absolute Gasteiger partial charge is 0.407 e. The molecule has 0 unspecified atom stereocenters. The summed E-state index contributed by atoms with van der Waals surface area (Å²) < 4.78 is 25.0. The molecule has 2 aromatic carbocycles. The van der Waals surface area contributed by atoms with Crippen LogP contribution in [0.3, 0.4) is 0 Å². The fourth-order valence-corrected chi connectivity index (χ4v) is 2.60. The Labute approximate surface area is 135 Å². The average Bonchev–Trinajstić information content (AvgIpc) is 2.58. The van der Waals surface area contributed by atoms with Crippen molar-refractivity contribution in [1.82, 2.24) is 0 Å². The molecule has 0 aromatic heterocycles. The van der Waals surface area contributed by atoms with E-state index in [1.165, 1.54) is 6.07 Å². The van der Waals surface area contributed by atoms with Crippen LogP contribution in [0.25, 0.3) is 11.1 Å². The second-order valence-electron chi connectivity index (χ2n) is 5.52. The molecular weight excluding hydrogens is 301 g/mol. The van der Waals surface area contributed by atoms with Crippen molar-refractivity contribution in [3.63, 3.8) is 0 Å². The van der Waals surface area contributed by atoms with Gasteiger partial charge in [0.2, 0.25) is 0 Å². The van der Waals surface area contributed by atoms with Crippen molar-refractivity contribution >= 4 is 24.2 Å². The van der Waals surface area contributed by atoms with Crippen molar-refractivity contribution < 1.29 is 13.7 Å². The molecule has 0 atom stereocenters. The lowest BCUT2D eigenvalue weighted by Crippen LogP contribution is -2.44. The number of hydrogen-bond donors (Lipinski definition) is 0. The third-order valence-corrected chi connectivity index (χ3v) is 4.29. The highest BCUT2D eigenvalue weighted by Crippen LogP contribution is 2.24. The molecule has 0 radical (unpaired) electrons. The van der Waals surface area contributed by atoms with Gasteiger partial charge in [0.05, 0.1) is 5.02 Å². The first kappa shape index (κ1) is 15.5. The van der Waals surface area contributed by atoms with Crippen LogP contribution < -0.4 is 5.46 Å². The maximum atomic E-state index is 13.5. The van der Waals surface area contributed by atoms with Gasteiger partial charge in [-0.3, -0.25) is 0 Å². The van der Waals surface area contributed by atoms with Gasteiger partial charge in [-0.15, -0.1) is 0 Å². The Kier molecular flexibility index (Phi) is 4.82. The van der Waals surface area contributed by atoms with E-state index in [4.69, 9.17) is 20.9 Å². The van der Waals surface area contributed by atoms with Gasteiger partial charge in [0.1, 0.15) is 5.82 Å². The molecule has 0 amide bonds. The lowest BCUT2D eigenvalue weighted by Gasteiger charge is -2.26. The quantitative estimate of drug-likeness (QED) is 0.799. The van der Waals surface area contributed by atoms with Crippen LogP contribution in [0.15, 0.2) is 42.5 Å². The normalized spacial score (nSPS) is 16.0. The number of rotatable bonds is 3. The SMILES string of the molecule is CCC1COB(c2ccc(-c3ccc(Cl)c(F)c3)cc2)OC1. The van der Waals surface area contributed by atoms with E-state index >= 15 is 0 Å². The monoisotopic (exact) mass is 318 g/mol. The molecule has 5 heteroatoms. The highest BCUT2D eigenvalue weighted by molar-refractivity contribution is 6.61. The molecule has 2 nitrogen and oxygen atoms in total. The maximum absolute atomic E-state index is 13.5. The predicted molar refractivity (Wildman–Crippen MR) is 87.9 cm³/mol. The molecule has 1 aliphatic heterocycles. The zero-order chi connectivity index (χ0) is 15.5. The molecule has 0 aliphatic carbocycles. The second-order valence-corrected chi connectivity index (χ2v) is 5.93. The summed E-state index contributed by atoms with van der Waals surface area (Å²) in [7, 11) is -0.307. The van der Waals surface area contributed by atoms with Crippen LogP contribution in [0.1, 0.15) is 13.3 Å². The van der Waals surface area contributed by atoms with E-state index < -0.39 is 5.82 Å². The van der Waals surface area contributed by atoms with Crippen LogP contribution in [0.5, 0.6) is 0 Å². The van der Waals surface area contributed by atoms with Crippen LogP contribution in [0.4, 0.5) is 4.39 Å². The zero-order valence-electron chi connectivity index (χ0n) is 12.4. The van der Waals surface area contributed by atoms with Crippen molar-refractivity contribution in [2.45, 2.75) is 13.3 Å². The standard InChI is InChI=1S/C17H17BClFO2/c1-2-12-10-21-18(22-11-12)15-6-3-13(4-7-15)14-5-8-16(19)17(20)9-14/h3-9,12H,2,10-11H2,1H3. The number of halogens is 2. The van der Waals surface area contributed by atoms with E-state index in [0.717, 1.165) is 36.2 Å². The Hall–Kier alpha value is -1.36. The van der Waals surface area contributed by atoms with E-state index in [2.05, 4.69) is 6.92 Å². The number of hydrogen-bond acceptors (Lipinski definition) is 2. The van der Waals surface area contributed by atoms with Crippen LogP contribution in [-0.2, 0) is 9.31 Å². The van der Waals surface area contributed by atoms with Crippen molar-refractivity contribution in [1.29, 1.82) is 0 Å². The summed E-state index contributed by atoms with van der Waals surface area (Å²) in [6, 6.07) is 12.6. The summed E-state index contributed by atoms with van der Waals surface area (Å²) in [5.74, 6) is 0.0698. The first-order chi connectivity index (χ1) is 10.7. The van der Waals surface area contributed by atoms with Gasteiger partial charge in [-0.25, -0.2) is 4.39 Å². The zero-order valence-corrected chi connectivity index (χ0v) is 13.1. The molecule has 1 saturated heterocycles. The predicted octanol–water partition coefficient (Wildman–Crippen LogP) is 3.91. The molecule has 114 valence electrons. The third kappa shape index (κ3) is 3.35. The van der Waals surface area contributed by atoms with Crippen molar-refractivity contribution in [3.8, 4) is 11.1 Å². The first-order valence-electron chi connectivity index (χ1n) is 7.46. The molecule has 0 saturated carbocycles. The molecule has 3 rings (SSSR count). The van der Waals surface area contributed by atoms with Gasteiger partial charge in [-0.2, -0.15) is 0 Å². The van der Waals surface area contributed by atoms with Crippen LogP contribution in [0.2, 0.25) is 5.02 Å². The Morgan fingerprint density at radius 3 is 2.32 bits per heavy atom. The minimum absolute atomic E-state index is 0.134. The van der Waals surface area contributed by atoms with Gasteiger partial charge in [0.15, 0.2) is 0 Å². The molecule has 1 heterocycles. The lowest BCUT2D eigenvalue weighted by atomic mass is 9.77. The van der Waals surface area contributed by atoms with Crippen LogP contribution in [-0.4, -0.2) is 20.3 Å². The van der Waals surface area contributed by atoms with E-state index in [9.17, 15) is 4.39 Å². The Balaban J connectivity index is 1.74. The molecule has 1 fully saturated rings. The van der Waals surface area contributed by atoms with Gasteiger partial charge < -0.3 is 9.31 Å². The van der Waals surface area contributed by atoms with Crippen molar-refractivity contribution in [2.24, 2.45) is 5.92 Å². The number of benzene rings is 2. The maximum Gasteiger partial charge on any atom is 0.493 e. The average molecular weight is 319 g/mol. The fourth-order valence-electron chi connectivity index (χ4n) is 2.48. The molecule has 22 heavy (non-hydrogen) atoms. The van der Waals surface area contributed by atoms with E-state index in [1.54, 1.807) is 12.1 Å².